The van der Waals surface area contributed by atoms with E-state index in [4.69, 9.17) is 5.73 Å². The third-order valence-corrected chi connectivity index (χ3v) is 4.85. The van der Waals surface area contributed by atoms with Crippen LogP contribution in [0.3, 0.4) is 0 Å². The molecule has 0 bridgehead atoms. The molecule has 0 fully saturated rings. The highest BCUT2D eigenvalue weighted by molar-refractivity contribution is 5.95. The molecule has 0 saturated carbocycles. The van der Waals surface area contributed by atoms with E-state index in [0.717, 1.165) is 5.56 Å². The molecule has 146 valence electrons. The van der Waals surface area contributed by atoms with Gasteiger partial charge in [-0.3, -0.25) is 4.79 Å². The molecule has 0 radical (unpaired) electrons. The Labute approximate surface area is 164 Å². The van der Waals surface area contributed by atoms with Gasteiger partial charge in [-0.1, -0.05) is 50.2 Å². The Morgan fingerprint density at radius 2 is 1.79 bits per heavy atom. The maximum Gasteiger partial charge on any atom is 0.254 e. The van der Waals surface area contributed by atoms with Crippen LogP contribution in [0.2, 0.25) is 0 Å². The number of nitrogens with one attached hydrogen (secondary N) is 1. The topological polar surface area (TPSA) is 72.9 Å². The quantitative estimate of drug-likeness (QED) is 0.682. The van der Waals surface area contributed by atoms with Gasteiger partial charge in [0, 0.05) is 12.6 Å². The molecule has 0 aliphatic carbocycles. The first-order valence-electron chi connectivity index (χ1n) is 9.31. The van der Waals surface area contributed by atoms with E-state index >= 15 is 0 Å². The molecule has 0 aliphatic heterocycles. The fraction of sp³-hybridized carbons (Fsp3) is 0.273. The van der Waals surface area contributed by atoms with Gasteiger partial charge in [0.1, 0.15) is 11.5 Å². The lowest BCUT2D eigenvalue weighted by Gasteiger charge is -2.14. The number of carbonyl (C=O) groups excluding carboxylic acids is 1. The monoisotopic (exact) mass is 380 g/mol. The zero-order chi connectivity index (χ0) is 20.3. The van der Waals surface area contributed by atoms with Crippen molar-refractivity contribution in [3.05, 3.63) is 82.9 Å². The molecule has 0 saturated heterocycles. The molecule has 3 N–H and O–H groups in total. The summed E-state index contributed by atoms with van der Waals surface area (Å²) in [5.74, 6) is -0.221. The zero-order valence-electron chi connectivity index (χ0n) is 16.3. The average Bonchev–Trinajstić information content (AvgIpc) is 3.07. The molecule has 3 rings (SSSR count). The number of nitrogens with two attached hydrogens (primary N) is 1. The van der Waals surface area contributed by atoms with E-state index in [1.807, 2.05) is 12.1 Å². The number of aromatic nitrogens is 2. The average molecular weight is 380 g/mol. The maximum atomic E-state index is 14.0. The number of halogens is 1. The molecule has 0 aliphatic rings. The van der Waals surface area contributed by atoms with Gasteiger partial charge in [-0.25, -0.2) is 9.07 Å². The summed E-state index contributed by atoms with van der Waals surface area (Å²) in [5.41, 5.74) is 9.69. The van der Waals surface area contributed by atoms with Gasteiger partial charge in [-0.15, -0.1) is 0 Å². The Bertz CT molecular complexity index is 963. The lowest BCUT2D eigenvalue weighted by atomic mass is 9.99. The second-order valence-corrected chi connectivity index (χ2v) is 7.14. The predicted molar refractivity (Wildman–Crippen MR) is 108 cm³/mol. The third-order valence-electron chi connectivity index (χ3n) is 4.85. The predicted octanol–water partition coefficient (Wildman–Crippen LogP) is 3.87. The van der Waals surface area contributed by atoms with Crippen molar-refractivity contribution in [3.63, 3.8) is 0 Å². The standard InChI is InChI=1S/C22H25FN4O/c1-14(2)16-8-10-17(11-9-16)20(24)13-25-22(28)18-12-26-27(15(18)3)21-7-5-4-6-19(21)23/h4-12,14,20H,13,24H2,1-3H3,(H,25,28). The van der Waals surface area contributed by atoms with Crippen LogP contribution < -0.4 is 11.1 Å². The Kier molecular flexibility index (Phi) is 5.90. The molecule has 6 heteroatoms. The van der Waals surface area contributed by atoms with Gasteiger partial charge in [0.25, 0.3) is 5.91 Å². The van der Waals surface area contributed by atoms with Crippen LogP contribution in [-0.4, -0.2) is 22.2 Å². The zero-order valence-corrected chi connectivity index (χ0v) is 16.3. The van der Waals surface area contributed by atoms with Crippen molar-refractivity contribution in [3.8, 4) is 5.69 Å². The molecular weight excluding hydrogens is 355 g/mol. The Balaban J connectivity index is 1.68. The number of hydrogen-bond acceptors (Lipinski definition) is 3. The molecule has 1 aromatic heterocycles. The summed E-state index contributed by atoms with van der Waals surface area (Å²) in [6, 6.07) is 14.1. The summed E-state index contributed by atoms with van der Waals surface area (Å²) in [7, 11) is 0. The minimum Gasteiger partial charge on any atom is -0.350 e. The van der Waals surface area contributed by atoms with Gasteiger partial charge in [0.05, 0.1) is 17.5 Å². The van der Waals surface area contributed by atoms with Gasteiger partial charge in [0.2, 0.25) is 0 Å². The van der Waals surface area contributed by atoms with E-state index in [-0.39, 0.29) is 11.9 Å². The first-order valence-corrected chi connectivity index (χ1v) is 9.31. The minimum absolute atomic E-state index is 0.283. The fourth-order valence-electron chi connectivity index (χ4n) is 3.04. The Morgan fingerprint density at radius 1 is 1.14 bits per heavy atom. The summed E-state index contributed by atoms with van der Waals surface area (Å²) in [6.45, 7) is 6.31. The van der Waals surface area contributed by atoms with Crippen molar-refractivity contribution in [2.24, 2.45) is 5.73 Å². The van der Waals surface area contributed by atoms with Crippen LogP contribution in [0.15, 0.2) is 54.7 Å². The second-order valence-electron chi connectivity index (χ2n) is 7.14. The third kappa shape index (κ3) is 4.12. The summed E-state index contributed by atoms with van der Waals surface area (Å²) in [4.78, 5) is 12.6. The summed E-state index contributed by atoms with van der Waals surface area (Å²) in [6.07, 6.45) is 1.44. The van der Waals surface area contributed by atoms with Crippen molar-refractivity contribution < 1.29 is 9.18 Å². The van der Waals surface area contributed by atoms with E-state index < -0.39 is 5.82 Å². The summed E-state index contributed by atoms with van der Waals surface area (Å²) >= 11 is 0. The number of para-hydroxylation sites is 1. The molecule has 3 aromatic rings. The Morgan fingerprint density at radius 3 is 2.43 bits per heavy atom. The van der Waals surface area contributed by atoms with Gasteiger partial charge in [-0.2, -0.15) is 5.10 Å². The molecule has 1 amide bonds. The van der Waals surface area contributed by atoms with E-state index in [0.29, 0.717) is 29.4 Å². The molecule has 1 atom stereocenters. The Hall–Kier alpha value is -2.99. The molecule has 5 nitrogen and oxygen atoms in total. The van der Waals surface area contributed by atoms with Crippen molar-refractivity contribution in [1.29, 1.82) is 0 Å². The minimum atomic E-state index is -0.396. The van der Waals surface area contributed by atoms with E-state index in [9.17, 15) is 9.18 Å². The highest BCUT2D eigenvalue weighted by Gasteiger charge is 2.17. The van der Waals surface area contributed by atoms with Crippen LogP contribution in [-0.2, 0) is 0 Å². The van der Waals surface area contributed by atoms with Crippen LogP contribution in [0.4, 0.5) is 4.39 Å². The highest BCUT2D eigenvalue weighted by atomic mass is 19.1. The molecule has 1 unspecified atom stereocenters. The van der Waals surface area contributed by atoms with Gasteiger partial charge < -0.3 is 11.1 Å². The van der Waals surface area contributed by atoms with Crippen molar-refractivity contribution in [1.82, 2.24) is 15.1 Å². The normalized spacial score (nSPS) is 12.2. The van der Waals surface area contributed by atoms with E-state index in [2.05, 4.69) is 36.4 Å². The largest absolute Gasteiger partial charge is 0.350 e. The summed E-state index contributed by atoms with van der Waals surface area (Å²) < 4.78 is 15.4. The van der Waals surface area contributed by atoms with Crippen molar-refractivity contribution >= 4 is 5.91 Å². The lowest BCUT2D eigenvalue weighted by Crippen LogP contribution is -2.32. The molecule has 0 spiro atoms. The SMILES string of the molecule is Cc1c(C(=O)NCC(N)c2ccc(C(C)C)cc2)cnn1-c1ccccc1F. The number of hydrogen-bond donors (Lipinski definition) is 2. The second kappa shape index (κ2) is 8.35. The molecular formula is C22H25FN4O. The fourth-order valence-corrected chi connectivity index (χ4v) is 3.04. The number of nitrogens with zero attached hydrogens (tertiary/aromatic N) is 2. The van der Waals surface area contributed by atoms with E-state index in [1.165, 1.54) is 22.5 Å². The number of amides is 1. The lowest BCUT2D eigenvalue weighted by molar-refractivity contribution is 0.0950. The first kappa shape index (κ1) is 19.8. The smallest absolute Gasteiger partial charge is 0.254 e. The summed E-state index contributed by atoms with van der Waals surface area (Å²) in [5, 5.41) is 7.01. The number of benzene rings is 2. The van der Waals surface area contributed by atoms with Crippen molar-refractivity contribution in [2.75, 3.05) is 6.54 Å². The first-order chi connectivity index (χ1) is 13.4. The van der Waals surface area contributed by atoms with Crippen LogP contribution >= 0.6 is 0 Å². The highest BCUT2D eigenvalue weighted by Crippen LogP contribution is 2.19. The van der Waals surface area contributed by atoms with Gasteiger partial charge in [-0.05, 0) is 36.1 Å². The molecule has 2 aromatic carbocycles. The number of carbonyl (C=O) groups is 1. The van der Waals surface area contributed by atoms with Gasteiger partial charge in [0.15, 0.2) is 0 Å². The van der Waals surface area contributed by atoms with Crippen LogP contribution in [0, 0.1) is 12.7 Å². The maximum absolute atomic E-state index is 14.0. The van der Waals surface area contributed by atoms with E-state index in [1.54, 1.807) is 25.1 Å². The van der Waals surface area contributed by atoms with Crippen LogP contribution in [0.1, 0.15) is 53.0 Å². The number of rotatable bonds is 6. The van der Waals surface area contributed by atoms with Crippen molar-refractivity contribution in [2.45, 2.75) is 32.7 Å². The van der Waals surface area contributed by atoms with Crippen LogP contribution in [0.25, 0.3) is 5.69 Å². The van der Waals surface area contributed by atoms with Crippen LogP contribution in [0.5, 0.6) is 0 Å². The molecule has 28 heavy (non-hydrogen) atoms. The molecule has 1 heterocycles. The van der Waals surface area contributed by atoms with Gasteiger partial charge >= 0.3 is 0 Å².